The number of nitrogens with one attached hydrogen (secondary N) is 1. The fourth-order valence-electron chi connectivity index (χ4n) is 2.18. The standard InChI is InChI=1S/C14H28N2O2/c1-13(2,3)16-9-7-8-11(10-16)15-12(17)18-14(4,5)6/h11H,7-10H2,1-6H3,(H,15,17). The fourth-order valence-corrected chi connectivity index (χ4v) is 2.18. The van der Waals surface area contributed by atoms with Crippen molar-refractivity contribution in [2.24, 2.45) is 0 Å². The summed E-state index contributed by atoms with van der Waals surface area (Å²) in [6.07, 6.45) is 1.85. The van der Waals surface area contributed by atoms with Gasteiger partial charge in [0.2, 0.25) is 0 Å². The first-order valence-corrected chi connectivity index (χ1v) is 6.82. The molecule has 1 atom stereocenters. The van der Waals surface area contributed by atoms with Crippen LogP contribution < -0.4 is 5.32 Å². The Bertz CT molecular complexity index is 289. The molecule has 1 amide bonds. The maximum Gasteiger partial charge on any atom is 0.407 e. The van der Waals surface area contributed by atoms with E-state index in [9.17, 15) is 4.79 Å². The maximum absolute atomic E-state index is 11.7. The number of rotatable bonds is 1. The average molecular weight is 256 g/mol. The second-order valence-corrected chi connectivity index (χ2v) is 7.10. The summed E-state index contributed by atoms with van der Waals surface area (Å²) in [5.41, 5.74) is -0.267. The third-order valence-corrected chi connectivity index (χ3v) is 3.09. The Morgan fingerprint density at radius 3 is 2.33 bits per heavy atom. The first kappa shape index (κ1) is 15.3. The van der Waals surface area contributed by atoms with Crippen LogP contribution in [0.2, 0.25) is 0 Å². The summed E-state index contributed by atoms with van der Waals surface area (Å²) in [5, 5.41) is 2.97. The van der Waals surface area contributed by atoms with E-state index < -0.39 is 5.60 Å². The molecule has 0 spiro atoms. The molecule has 4 heteroatoms. The van der Waals surface area contributed by atoms with Gasteiger partial charge in [-0.05, 0) is 60.9 Å². The molecule has 1 aliphatic heterocycles. The molecule has 1 fully saturated rings. The van der Waals surface area contributed by atoms with Crippen LogP contribution in [0.4, 0.5) is 4.79 Å². The molecule has 4 nitrogen and oxygen atoms in total. The Morgan fingerprint density at radius 1 is 1.22 bits per heavy atom. The van der Waals surface area contributed by atoms with Crippen LogP contribution in [-0.4, -0.2) is 41.3 Å². The molecule has 0 aliphatic carbocycles. The summed E-state index contributed by atoms with van der Waals surface area (Å²) in [6, 6.07) is 0.202. The summed E-state index contributed by atoms with van der Waals surface area (Å²) >= 11 is 0. The Morgan fingerprint density at radius 2 is 1.83 bits per heavy atom. The second-order valence-electron chi connectivity index (χ2n) is 7.10. The van der Waals surface area contributed by atoms with Crippen LogP contribution in [0.3, 0.4) is 0 Å². The van der Waals surface area contributed by atoms with Crippen molar-refractivity contribution < 1.29 is 9.53 Å². The number of hydrogen-bond acceptors (Lipinski definition) is 3. The minimum Gasteiger partial charge on any atom is -0.444 e. The molecule has 18 heavy (non-hydrogen) atoms. The van der Waals surface area contributed by atoms with E-state index in [0.29, 0.717) is 0 Å². The van der Waals surface area contributed by atoms with Gasteiger partial charge >= 0.3 is 6.09 Å². The summed E-state index contributed by atoms with van der Waals surface area (Å²) in [6.45, 7) is 14.3. The zero-order chi connectivity index (χ0) is 14.0. The highest BCUT2D eigenvalue weighted by atomic mass is 16.6. The molecule has 0 bridgehead atoms. The third kappa shape index (κ3) is 5.25. The number of nitrogens with zero attached hydrogens (tertiary/aromatic N) is 1. The fraction of sp³-hybridized carbons (Fsp3) is 0.929. The Hall–Kier alpha value is -0.770. The molecule has 1 saturated heterocycles. The van der Waals surface area contributed by atoms with Crippen LogP contribution in [0.1, 0.15) is 54.4 Å². The van der Waals surface area contributed by atoms with Gasteiger partial charge in [0.15, 0.2) is 0 Å². The van der Waals surface area contributed by atoms with E-state index in [2.05, 4.69) is 31.0 Å². The van der Waals surface area contributed by atoms with Gasteiger partial charge in [-0.2, -0.15) is 0 Å². The Balaban J connectivity index is 2.46. The monoisotopic (exact) mass is 256 g/mol. The van der Waals surface area contributed by atoms with Crippen molar-refractivity contribution in [2.45, 2.75) is 71.6 Å². The molecule has 1 heterocycles. The minimum atomic E-state index is -0.428. The molecule has 106 valence electrons. The quantitative estimate of drug-likeness (QED) is 0.784. The van der Waals surface area contributed by atoms with Gasteiger partial charge in [-0.1, -0.05) is 0 Å². The van der Waals surface area contributed by atoms with E-state index in [0.717, 1.165) is 25.9 Å². The van der Waals surface area contributed by atoms with Crippen LogP contribution >= 0.6 is 0 Å². The van der Waals surface area contributed by atoms with E-state index in [1.807, 2.05) is 20.8 Å². The zero-order valence-corrected chi connectivity index (χ0v) is 12.7. The van der Waals surface area contributed by atoms with Gasteiger partial charge in [0, 0.05) is 18.1 Å². The predicted molar refractivity (Wildman–Crippen MR) is 73.7 cm³/mol. The zero-order valence-electron chi connectivity index (χ0n) is 12.7. The molecule has 0 aromatic rings. The molecule has 1 N–H and O–H groups in total. The lowest BCUT2D eigenvalue weighted by atomic mass is 9.98. The number of carbonyl (C=O) groups is 1. The lowest BCUT2D eigenvalue weighted by Gasteiger charge is -2.41. The van der Waals surface area contributed by atoms with E-state index in [1.165, 1.54) is 0 Å². The lowest BCUT2D eigenvalue weighted by molar-refractivity contribution is 0.0416. The van der Waals surface area contributed by atoms with Gasteiger partial charge in [-0.3, -0.25) is 4.90 Å². The Labute approximate surface area is 111 Å². The van der Waals surface area contributed by atoms with Crippen LogP contribution in [0.25, 0.3) is 0 Å². The Kier molecular flexibility index (Phi) is 4.65. The molecular weight excluding hydrogens is 228 g/mol. The van der Waals surface area contributed by atoms with Gasteiger partial charge in [0.05, 0.1) is 0 Å². The highest BCUT2D eigenvalue weighted by Gasteiger charge is 2.29. The molecule has 1 aliphatic rings. The number of carbonyl (C=O) groups excluding carboxylic acids is 1. The summed E-state index contributed by atoms with van der Waals surface area (Å²) in [7, 11) is 0. The minimum absolute atomic E-state index is 0.161. The molecule has 0 radical (unpaired) electrons. The van der Waals surface area contributed by atoms with Crippen molar-refractivity contribution in [3.8, 4) is 0 Å². The van der Waals surface area contributed by atoms with Crippen molar-refractivity contribution >= 4 is 6.09 Å². The van der Waals surface area contributed by atoms with E-state index >= 15 is 0 Å². The van der Waals surface area contributed by atoms with Crippen LogP contribution in [0.5, 0.6) is 0 Å². The summed E-state index contributed by atoms with van der Waals surface area (Å²) in [4.78, 5) is 14.1. The number of amides is 1. The SMILES string of the molecule is CC(C)(C)OC(=O)NC1CCCN(C(C)(C)C)C1. The second kappa shape index (κ2) is 5.47. The van der Waals surface area contributed by atoms with E-state index in [4.69, 9.17) is 4.74 Å². The van der Waals surface area contributed by atoms with Crippen molar-refractivity contribution in [2.75, 3.05) is 13.1 Å². The third-order valence-electron chi connectivity index (χ3n) is 3.09. The van der Waals surface area contributed by atoms with Crippen LogP contribution in [0, 0.1) is 0 Å². The largest absolute Gasteiger partial charge is 0.444 e. The molecular formula is C14H28N2O2. The number of ether oxygens (including phenoxy) is 1. The van der Waals surface area contributed by atoms with Gasteiger partial charge in [-0.25, -0.2) is 4.79 Å². The summed E-state index contributed by atoms with van der Waals surface area (Å²) in [5.74, 6) is 0. The summed E-state index contributed by atoms with van der Waals surface area (Å²) < 4.78 is 5.29. The smallest absolute Gasteiger partial charge is 0.407 e. The molecule has 1 rings (SSSR count). The van der Waals surface area contributed by atoms with E-state index in [1.54, 1.807) is 0 Å². The van der Waals surface area contributed by atoms with Gasteiger partial charge < -0.3 is 10.1 Å². The highest BCUT2D eigenvalue weighted by molar-refractivity contribution is 5.68. The molecule has 0 aromatic heterocycles. The number of hydrogen-bond donors (Lipinski definition) is 1. The van der Waals surface area contributed by atoms with Crippen molar-refractivity contribution in [3.05, 3.63) is 0 Å². The number of likely N-dealkylation sites (tertiary alicyclic amines) is 1. The van der Waals surface area contributed by atoms with Gasteiger partial charge in [0.1, 0.15) is 5.60 Å². The first-order valence-electron chi connectivity index (χ1n) is 6.82. The first-order chi connectivity index (χ1) is 8.08. The van der Waals surface area contributed by atoms with Gasteiger partial charge in [0.25, 0.3) is 0 Å². The van der Waals surface area contributed by atoms with Gasteiger partial charge in [-0.15, -0.1) is 0 Å². The molecule has 0 saturated carbocycles. The maximum atomic E-state index is 11.7. The van der Waals surface area contributed by atoms with E-state index in [-0.39, 0.29) is 17.7 Å². The predicted octanol–water partition coefficient (Wildman–Crippen LogP) is 2.77. The van der Waals surface area contributed by atoms with Crippen molar-refractivity contribution in [1.29, 1.82) is 0 Å². The molecule has 1 unspecified atom stereocenters. The number of alkyl carbamates (subject to hydrolysis) is 1. The highest BCUT2D eigenvalue weighted by Crippen LogP contribution is 2.20. The van der Waals surface area contributed by atoms with Crippen molar-refractivity contribution in [1.82, 2.24) is 10.2 Å². The van der Waals surface area contributed by atoms with Crippen LogP contribution in [0.15, 0.2) is 0 Å². The molecule has 0 aromatic carbocycles. The normalized spacial score (nSPS) is 22.7. The number of piperidine rings is 1. The van der Waals surface area contributed by atoms with Crippen molar-refractivity contribution in [3.63, 3.8) is 0 Å². The lowest BCUT2D eigenvalue weighted by Crippen LogP contribution is -2.54. The topological polar surface area (TPSA) is 41.6 Å². The average Bonchev–Trinajstić information content (AvgIpc) is 2.13. The van der Waals surface area contributed by atoms with Crippen LogP contribution in [-0.2, 0) is 4.74 Å².